The van der Waals surface area contributed by atoms with Gasteiger partial charge in [-0.05, 0) is 36.3 Å². The molecule has 2 aromatic rings. The Kier molecular flexibility index (Phi) is 4.99. The first kappa shape index (κ1) is 16.4. The first-order valence-corrected chi connectivity index (χ1v) is 8.63. The van der Waals surface area contributed by atoms with Crippen LogP contribution < -0.4 is 5.56 Å². The minimum Gasteiger partial charge on any atom is -0.365 e. The molecule has 0 radical (unpaired) electrons. The van der Waals surface area contributed by atoms with E-state index >= 15 is 0 Å². The molecule has 1 aromatic carbocycles. The summed E-state index contributed by atoms with van der Waals surface area (Å²) in [5.74, 6) is 0. The first-order chi connectivity index (χ1) is 11.1. The molecule has 0 aliphatic carbocycles. The van der Waals surface area contributed by atoms with E-state index in [1.54, 1.807) is 0 Å². The fourth-order valence-corrected chi connectivity index (χ4v) is 3.34. The fraction of sp³-hybridized carbons (Fsp3) is 0.412. The summed E-state index contributed by atoms with van der Waals surface area (Å²) in [5.41, 5.74) is 2.24. The Morgan fingerprint density at radius 2 is 2.04 bits per heavy atom. The van der Waals surface area contributed by atoms with E-state index < -0.39 is 6.10 Å². The van der Waals surface area contributed by atoms with Crippen molar-refractivity contribution in [2.24, 2.45) is 0 Å². The third-order valence-corrected chi connectivity index (χ3v) is 4.59. The topological polar surface area (TPSA) is 57.9 Å². The molecule has 2 N–H and O–H groups in total. The number of rotatable bonds is 4. The molecule has 4 nitrogen and oxygen atoms in total. The predicted molar refractivity (Wildman–Crippen MR) is 93.6 cm³/mol. The van der Waals surface area contributed by atoms with Gasteiger partial charge in [-0.1, -0.05) is 43.5 Å². The second-order valence-electron chi connectivity index (χ2n) is 5.84. The molecular weight excluding hydrogens is 332 g/mol. The van der Waals surface area contributed by atoms with E-state index in [2.05, 4.69) is 16.9 Å². The zero-order valence-electron chi connectivity index (χ0n) is 12.9. The van der Waals surface area contributed by atoms with Gasteiger partial charge in [0.25, 0.3) is 5.56 Å². The van der Waals surface area contributed by atoms with Crippen LogP contribution in [0.25, 0.3) is 0 Å². The van der Waals surface area contributed by atoms with Crippen molar-refractivity contribution in [1.29, 1.82) is 0 Å². The van der Waals surface area contributed by atoms with Crippen LogP contribution in [0.15, 0.2) is 29.1 Å². The predicted octanol–water partition coefficient (Wildman–Crippen LogP) is 4.31. The van der Waals surface area contributed by atoms with Gasteiger partial charge < -0.3 is 9.72 Å². The molecule has 2 heterocycles. The zero-order valence-corrected chi connectivity index (χ0v) is 14.5. The van der Waals surface area contributed by atoms with Crippen LogP contribution in [0.3, 0.4) is 0 Å². The highest BCUT2D eigenvalue weighted by Crippen LogP contribution is 2.34. The molecular formula is C17H19ClN2O2S. The maximum atomic E-state index is 12.4. The number of nitrogens with one attached hydrogen (secondary N) is 2. The van der Waals surface area contributed by atoms with Gasteiger partial charge in [-0.15, -0.1) is 0 Å². The third kappa shape index (κ3) is 3.57. The Morgan fingerprint density at radius 1 is 1.30 bits per heavy atom. The lowest BCUT2D eigenvalue weighted by molar-refractivity contribution is -0.0115. The smallest absolute Gasteiger partial charge is 0.258 e. The molecule has 0 saturated heterocycles. The summed E-state index contributed by atoms with van der Waals surface area (Å²) in [6.45, 7) is 2.16. The number of aromatic nitrogens is 2. The molecule has 0 fully saturated rings. The van der Waals surface area contributed by atoms with E-state index in [0.29, 0.717) is 21.8 Å². The van der Waals surface area contributed by atoms with Gasteiger partial charge in [0.15, 0.2) is 4.77 Å². The minimum absolute atomic E-state index is 0.0792. The van der Waals surface area contributed by atoms with Gasteiger partial charge in [-0.2, -0.15) is 0 Å². The van der Waals surface area contributed by atoms with Crippen molar-refractivity contribution in [3.8, 4) is 0 Å². The summed E-state index contributed by atoms with van der Waals surface area (Å²) in [4.78, 5) is 18.2. The number of fused-ring (bicyclic) bond motifs is 1. The largest absolute Gasteiger partial charge is 0.365 e. The minimum atomic E-state index is -0.395. The van der Waals surface area contributed by atoms with E-state index in [-0.39, 0.29) is 11.7 Å². The molecule has 3 rings (SSSR count). The SMILES string of the molecule is CCCCC1Cc2[nH]c(=S)[nH]c(=O)c2C(c2ccc(Cl)cc2)O1. The Hall–Kier alpha value is -1.43. The number of benzene rings is 1. The Labute approximate surface area is 144 Å². The van der Waals surface area contributed by atoms with Crippen LogP contribution in [-0.2, 0) is 11.2 Å². The van der Waals surface area contributed by atoms with E-state index in [9.17, 15) is 4.79 Å². The fourth-order valence-electron chi connectivity index (χ4n) is 3.00. The van der Waals surface area contributed by atoms with Crippen LogP contribution in [0.5, 0.6) is 0 Å². The monoisotopic (exact) mass is 350 g/mol. The Bertz CT molecular complexity index is 797. The van der Waals surface area contributed by atoms with Crippen molar-refractivity contribution in [3.63, 3.8) is 0 Å². The van der Waals surface area contributed by atoms with E-state index in [1.165, 1.54) is 0 Å². The Morgan fingerprint density at radius 3 is 2.74 bits per heavy atom. The quantitative estimate of drug-likeness (QED) is 0.808. The van der Waals surface area contributed by atoms with Crippen LogP contribution in [0.1, 0.15) is 49.1 Å². The zero-order chi connectivity index (χ0) is 16.4. The molecule has 2 atom stereocenters. The number of ether oxygens (including phenoxy) is 1. The summed E-state index contributed by atoms with van der Waals surface area (Å²) in [7, 11) is 0. The van der Waals surface area contributed by atoms with Crippen molar-refractivity contribution in [3.05, 3.63) is 61.2 Å². The van der Waals surface area contributed by atoms with Crippen molar-refractivity contribution >= 4 is 23.8 Å². The van der Waals surface area contributed by atoms with E-state index in [0.717, 1.165) is 30.5 Å². The standard InChI is InChI=1S/C17H19ClN2O2S/c1-2-3-4-12-9-13-14(16(21)20-17(23)19-13)15(22-12)10-5-7-11(18)8-6-10/h5-8,12,15H,2-4,9H2,1H3,(H2,19,20,21,23). The van der Waals surface area contributed by atoms with Crippen molar-refractivity contribution in [2.75, 3.05) is 0 Å². The molecule has 0 spiro atoms. The molecule has 122 valence electrons. The lowest BCUT2D eigenvalue weighted by atomic mass is 9.93. The van der Waals surface area contributed by atoms with Crippen molar-refractivity contribution in [1.82, 2.24) is 9.97 Å². The summed E-state index contributed by atoms with van der Waals surface area (Å²) in [6, 6.07) is 7.43. The molecule has 1 aromatic heterocycles. The summed E-state index contributed by atoms with van der Waals surface area (Å²) >= 11 is 11.1. The average molecular weight is 351 g/mol. The number of H-pyrrole nitrogens is 2. The number of halogens is 1. The van der Waals surface area contributed by atoms with Crippen molar-refractivity contribution < 1.29 is 4.74 Å². The van der Waals surface area contributed by atoms with E-state index in [1.807, 2.05) is 24.3 Å². The number of aromatic amines is 2. The van der Waals surface area contributed by atoms with Crippen LogP contribution in [0.4, 0.5) is 0 Å². The maximum Gasteiger partial charge on any atom is 0.258 e. The molecule has 0 saturated carbocycles. The highest BCUT2D eigenvalue weighted by molar-refractivity contribution is 7.71. The number of unbranched alkanes of at least 4 members (excludes halogenated alkanes) is 1. The summed E-state index contributed by atoms with van der Waals surface area (Å²) < 4.78 is 6.61. The van der Waals surface area contributed by atoms with E-state index in [4.69, 9.17) is 28.6 Å². The molecule has 23 heavy (non-hydrogen) atoms. The lowest BCUT2D eigenvalue weighted by Gasteiger charge is -2.31. The summed E-state index contributed by atoms with van der Waals surface area (Å²) in [6.07, 6.45) is 3.55. The molecule has 0 amide bonds. The summed E-state index contributed by atoms with van der Waals surface area (Å²) in [5, 5.41) is 0.661. The van der Waals surface area contributed by atoms with Crippen LogP contribution in [0.2, 0.25) is 5.02 Å². The molecule has 1 aliphatic rings. The van der Waals surface area contributed by atoms with Gasteiger partial charge >= 0.3 is 0 Å². The highest BCUT2D eigenvalue weighted by Gasteiger charge is 2.31. The second kappa shape index (κ2) is 6.99. The number of hydrogen-bond acceptors (Lipinski definition) is 3. The van der Waals surface area contributed by atoms with Gasteiger partial charge in [-0.25, -0.2) is 0 Å². The van der Waals surface area contributed by atoms with Gasteiger partial charge in [-0.3, -0.25) is 9.78 Å². The first-order valence-electron chi connectivity index (χ1n) is 7.84. The molecule has 6 heteroatoms. The normalized spacial score (nSPS) is 20.3. The van der Waals surface area contributed by atoms with Crippen molar-refractivity contribution in [2.45, 2.75) is 44.8 Å². The van der Waals surface area contributed by atoms with Crippen LogP contribution in [0, 0.1) is 4.77 Å². The maximum absolute atomic E-state index is 12.4. The van der Waals surface area contributed by atoms with Gasteiger partial charge in [0.1, 0.15) is 6.10 Å². The van der Waals surface area contributed by atoms with Gasteiger partial charge in [0.05, 0.1) is 11.7 Å². The second-order valence-corrected chi connectivity index (χ2v) is 6.68. The third-order valence-electron chi connectivity index (χ3n) is 4.14. The van der Waals surface area contributed by atoms with Gasteiger partial charge in [0.2, 0.25) is 0 Å². The lowest BCUT2D eigenvalue weighted by Crippen LogP contribution is -2.33. The van der Waals surface area contributed by atoms with Crippen LogP contribution in [-0.4, -0.2) is 16.1 Å². The number of hydrogen-bond donors (Lipinski definition) is 2. The van der Waals surface area contributed by atoms with Gasteiger partial charge in [0, 0.05) is 17.1 Å². The molecule has 2 unspecified atom stereocenters. The highest BCUT2D eigenvalue weighted by atomic mass is 35.5. The van der Waals surface area contributed by atoms with Crippen LogP contribution >= 0.6 is 23.8 Å². The Balaban J connectivity index is 2.05. The average Bonchev–Trinajstić information content (AvgIpc) is 2.52. The molecule has 0 bridgehead atoms. The molecule has 1 aliphatic heterocycles.